The molecule has 0 unspecified atom stereocenters. The molecule has 0 aromatic rings. The van der Waals surface area contributed by atoms with Crippen molar-refractivity contribution in [2.45, 2.75) is 63.1 Å². The molecule has 0 amide bonds. The molecule has 0 aromatic heterocycles. The Kier molecular flexibility index (Phi) is 5.91. The zero-order chi connectivity index (χ0) is 16.1. The molecule has 1 saturated carbocycles. The smallest absolute Gasteiger partial charge is 0.329 e. The second-order valence-electron chi connectivity index (χ2n) is 7.40. The predicted molar refractivity (Wildman–Crippen MR) is 86.5 cm³/mol. The molecule has 1 aliphatic carbocycles. The molecule has 6 heteroatoms. The average Bonchev–Trinajstić information content (AvgIpc) is 2.57. The van der Waals surface area contributed by atoms with E-state index in [1.807, 2.05) is 0 Å². The van der Waals surface area contributed by atoms with E-state index in [1.54, 1.807) is 0 Å². The number of nitrogens with one attached hydrogen (secondary N) is 2. The number of aliphatic carboxylic acids is 1. The quantitative estimate of drug-likeness (QED) is 0.703. The van der Waals surface area contributed by atoms with Crippen LogP contribution in [-0.2, 0) is 14.3 Å². The Balaban J connectivity index is 1.47. The minimum atomic E-state index is -0.917. The van der Waals surface area contributed by atoms with E-state index in [4.69, 9.17) is 14.6 Å². The Hall–Kier alpha value is -0.690. The summed E-state index contributed by atoms with van der Waals surface area (Å²) in [5, 5.41) is 16.0. The first-order valence-corrected chi connectivity index (χ1v) is 9.05. The van der Waals surface area contributed by atoms with Gasteiger partial charge in [0.15, 0.2) is 0 Å². The summed E-state index contributed by atoms with van der Waals surface area (Å²) < 4.78 is 11.0. The van der Waals surface area contributed by atoms with Gasteiger partial charge in [-0.2, -0.15) is 0 Å². The summed E-state index contributed by atoms with van der Waals surface area (Å²) in [5.41, 5.74) is 0.582. The first-order chi connectivity index (χ1) is 11.2. The normalized spacial score (nSPS) is 32.0. The van der Waals surface area contributed by atoms with Crippen molar-refractivity contribution in [2.24, 2.45) is 5.41 Å². The number of carboxylic acids is 1. The third-order valence-electron chi connectivity index (χ3n) is 5.89. The van der Waals surface area contributed by atoms with E-state index in [1.165, 1.54) is 51.6 Å². The van der Waals surface area contributed by atoms with Crippen molar-refractivity contribution in [1.82, 2.24) is 10.6 Å². The van der Waals surface area contributed by atoms with Crippen LogP contribution in [0.1, 0.15) is 44.9 Å². The fraction of sp³-hybridized carbons (Fsp3) is 0.941. The van der Waals surface area contributed by atoms with E-state index in [0.717, 1.165) is 13.0 Å². The molecule has 2 heterocycles. The van der Waals surface area contributed by atoms with Crippen LogP contribution in [0.2, 0.25) is 0 Å². The second kappa shape index (κ2) is 7.92. The fourth-order valence-electron chi connectivity index (χ4n) is 4.40. The molecule has 132 valence electrons. The molecule has 3 N–H and O–H groups in total. The van der Waals surface area contributed by atoms with Crippen LogP contribution < -0.4 is 10.6 Å². The molecule has 3 aliphatic rings. The molecule has 2 atom stereocenters. The first-order valence-electron chi connectivity index (χ1n) is 9.05. The standard InChI is InChI=1S/C17H30N2O4/c20-16(21)12-23-15-11-22-10-3-14(15)19-13-1-4-17(5-2-13)6-8-18-9-7-17/h13-15,18-19H,1-12H2,(H,20,21)/t14-,15-/m1/s1. The molecule has 23 heavy (non-hydrogen) atoms. The highest BCUT2D eigenvalue weighted by Crippen LogP contribution is 2.43. The zero-order valence-electron chi connectivity index (χ0n) is 13.9. The van der Waals surface area contributed by atoms with Gasteiger partial charge in [-0.05, 0) is 63.5 Å². The van der Waals surface area contributed by atoms with Crippen LogP contribution in [0.3, 0.4) is 0 Å². The van der Waals surface area contributed by atoms with Crippen LogP contribution in [0.25, 0.3) is 0 Å². The Labute approximate surface area is 138 Å². The highest BCUT2D eigenvalue weighted by molar-refractivity contribution is 5.68. The third-order valence-corrected chi connectivity index (χ3v) is 5.89. The molecule has 3 fully saturated rings. The third kappa shape index (κ3) is 4.66. The van der Waals surface area contributed by atoms with Gasteiger partial charge in [-0.1, -0.05) is 0 Å². The zero-order valence-corrected chi connectivity index (χ0v) is 13.9. The van der Waals surface area contributed by atoms with Gasteiger partial charge in [0.1, 0.15) is 6.61 Å². The van der Waals surface area contributed by atoms with E-state index in [9.17, 15) is 4.79 Å². The summed E-state index contributed by atoms with van der Waals surface area (Å²) in [4.78, 5) is 10.7. The molecule has 3 rings (SSSR count). The van der Waals surface area contributed by atoms with Crippen molar-refractivity contribution in [3.05, 3.63) is 0 Å². The van der Waals surface area contributed by atoms with Crippen LogP contribution in [0, 0.1) is 5.41 Å². The monoisotopic (exact) mass is 326 g/mol. The molecular formula is C17H30N2O4. The molecule has 2 aliphatic heterocycles. The van der Waals surface area contributed by atoms with Crippen LogP contribution >= 0.6 is 0 Å². The largest absolute Gasteiger partial charge is 0.480 e. The number of hydrogen-bond acceptors (Lipinski definition) is 5. The van der Waals surface area contributed by atoms with E-state index in [2.05, 4.69) is 10.6 Å². The maximum atomic E-state index is 10.7. The maximum absolute atomic E-state index is 10.7. The van der Waals surface area contributed by atoms with Gasteiger partial charge in [-0.15, -0.1) is 0 Å². The fourth-order valence-corrected chi connectivity index (χ4v) is 4.40. The van der Waals surface area contributed by atoms with Gasteiger partial charge in [-0.25, -0.2) is 4.79 Å². The topological polar surface area (TPSA) is 79.8 Å². The second-order valence-corrected chi connectivity index (χ2v) is 7.40. The van der Waals surface area contributed by atoms with Crippen LogP contribution in [-0.4, -0.2) is 62.2 Å². The van der Waals surface area contributed by atoms with Gasteiger partial charge in [-0.3, -0.25) is 0 Å². The van der Waals surface area contributed by atoms with Gasteiger partial charge < -0.3 is 25.2 Å². The van der Waals surface area contributed by atoms with Crippen molar-refractivity contribution < 1.29 is 19.4 Å². The van der Waals surface area contributed by atoms with Gasteiger partial charge in [0.2, 0.25) is 0 Å². The lowest BCUT2D eigenvalue weighted by Crippen LogP contribution is -2.53. The van der Waals surface area contributed by atoms with Crippen LogP contribution in [0.5, 0.6) is 0 Å². The van der Waals surface area contributed by atoms with Crippen molar-refractivity contribution in [3.8, 4) is 0 Å². The van der Waals surface area contributed by atoms with Crippen molar-refractivity contribution >= 4 is 5.97 Å². The van der Waals surface area contributed by atoms with Gasteiger partial charge in [0.05, 0.1) is 12.7 Å². The minimum Gasteiger partial charge on any atom is -0.480 e. The highest BCUT2D eigenvalue weighted by atomic mass is 16.5. The Morgan fingerprint density at radius 1 is 1.22 bits per heavy atom. The van der Waals surface area contributed by atoms with E-state index < -0.39 is 5.97 Å². The Bertz CT molecular complexity index is 388. The molecule has 2 saturated heterocycles. The molecule has 6 nitrogen and oxygen atoms in total. The van der Waals surface area contributed by atoms with E-state index >= 15 is 0 Å². The van der Waals surface area contributed by atoms with Gasteiger partial charge >= 0.3 is 5.97 Å². The molecule has 0 bridgehead atoms. The number of ether oxygens (including phenoxy) is 2. The maximum Gasteiger partial charge on any atom is 0.329 e. The summed E-state index contributed by atoms with van der Waals surface area (Å²) in [6.45, 7) is 3.32. The minimum absolute atomic E-state index is 0.144. The van der Waals surface area contributed by atoms with Gasteiger partial charge in [0.25, 0.3) is 0 Å². The first kappa shape index (κ1) is 17.1. The number of piperidine rings is 1. The Morgan fingerprint density at radius 3 is 2.65 bits per heavy atom. The predicted octanol–water partition coefficient (Wildman–Crippen LogP) is 1.15. The SMILES string of the molecule is O=C(O)CO[C@@H]1COCC[C@H]1NC1CCC2(CCNCC2)CC1. The van der Waals surface area contributed by atoms with Crippen molar-refractivity contribution in [3.63, 3.8) is 0 Å². The molecular weight excluding hydrogens is 296 g/mol. The van der Waals surface area contributed by atoms with Gasteiger partial charge in [0, 0.05) is 18.7 Å². The highest BCUT2D eigenvalue weighted by Gasteiger charge is 2.37. The van der Waals surface area contributed by atoms with Crippen molar-refractivity contribution in [1.29, 1.82) is 0 Å². The van der Waals surface area contributed by atoms with E-state index in [0.29, 0.717) is 18.1 Å². The summed E-state index contributed by atoms with van der Waals surface area (Å²) >= 11 is 0. The summed E-state index contributed by atoms with van der Waals surface area (Å²) in [6, 6.07) is 0.754. The summed E-state index contributed by atoms with van der Waals surface area (Å²) in [7, 11) is 0. The van der Waals surface area contributed by atoms with E-state index in [-0.39, 0.29) is 18.8 Å². The Morgan fingerprint density at radius 2 is 1.96 bits per heavy atom. The van der Waals surface area contributed by atoms with Crippen molar-refractivity contribution in [2.75, 3.05) is 32.9 Å². The number of carboxylic acid groups (broad SMARTS) is 1. The number of rotatable bonds is 5. The summed E-state index contributed by atoms with van der Waals surface area (Å²) in [6.07, 6.45) is 8.48. The lowest BCUT2D eigenvalue weighted by molar-refractivity contribution is -0.148. The lowest BCUT2D eigenvalue weighted by Gasteiger charge is -2.44. The molecule has 1 spiro atoms. The lowest BCUT2D eigenvalue weighted by atomic mass is 9.67. The van der Waals surface area contributed by atoms with Crippen LogP contribution in [0.15, 0.2) is 0 Å². The number of hydrogen-bond donors (Lipinski definition) is 3. The molecule has 0 radical (unpaired) electrons. The summed E-state index contributed by atoms with van der Waals surface area (Å²) in [5.74, 6) is -0.917. The molecule has 0 aromatic carbocycles. The average molecular weight is 326 g/mol. The number of carbonyl (C=O) groups is 1. The van der Waals surface area contributed by atoms with Crippen LogP contribution in [0.4, 0.5) is 0 Å².